The first kappa shape index (κ1) is 10.1. The Morgan fingerprint density at radius 2 is 2.06 bits per heavy atom. The Hall–Kier alpha value is 0.170. The van der Waals surface area contributed by atoms with Crippen molar-refractivity contribution in [1.82, 2.24) is 0 Å². The van der Waals surface area contributed by atoms with E-state index in [0.717, 1.165) is 17.8 Å². The summed E-state index contributed by atoms with van der Waals surface area (Å²) >= 11 is 0. The van der Waals surface area contributed by atoms with Crippen LogP contribution in [0.15, 0.2) is 11.6 Å². The van der Waals surface area contributed by atoms with Crippen LogP contribution >= 0.6 is 9.24 Å². The number of hydrogen-bond donors (Lipinski definition) is 0. The lowest BCUT2D eigenvalue weighted by molar-refractivity contribution is -0.0220. The third-order valence-electron chi connectivity index (χ3n) is 6.40. The molecule has 0 spiro atoms. The number of allylic oxidation sites excluding steroid dienone is 2. The molecule has 0 nitrogen and oxygen atoms in total. The molecule has 4 rings (SSSR count). The van der Waals surface area contributed by atoms with Gasteiger partial charge in [-0.15, -0.1) is 9.24 Å². The molecule has 0 saturated heterocycles. The first-order valence-corrected chi connectivity index (χ1v) is 7.87. The molecule has 16 heavy (non-hydrogen) atoms. The van der Waals surface area contributed by atoms with Crippen LogP contribution in [0.25, 0.3) is 0 Å². The lowest BCUT2D eigenvalue weighted by atomic mass is 9.51. The minimum atomic E-state index is 0.643. The van der Waals surface area contributed by atoms with Gasteiger partial charge in [-0.3, -0.25) is 0 Å². The van der Waals surface area contributed by atoms with Crippen molar-refractivity contribution in [3.63, 3.8) is 0 Å². The van der Waals surface area contributed by atoms with Crippen LogP contribution in [0.4, 0.5) is 0 Å². The highest BCUT2D eigenvalue weighted by Crippen LogP contribution is 2.77. The largest absolute Gasteiger partial charge is 0.137 e. The van der Waals surface area contributed by atoms with Crippen LogP contribution in [0.2, 0.25) is 0 Å². The summed E-state index contributed by atoms with van der Waals surface area (Å²) in [6.45, 7) is 4.76. The third-order valence-corrected chi connectivity index (χ3v) is 7.33. The van der Waals surface area contributed by atoms with E-state index in [1.54, 1.807) is 12.8 Å². The Balaban J connectivity index is 1.50. The molecular weight excluding hydrogens is 211 g/mol. The van der Waals surface area contributed by atoms with E-state index >= 15 is 0 Å². The van der Waals surface area contributed by atoms with Gasteiger partial charge in [-0.1, -0.05) is 18.6 Å². The van der Waals surface area contributed by atoms with Crippen molar-refractivity contribution in [2.24, 2.45) is 40.9 Å². The van der Waals surface area contributed by atoms with Crippen LogP contribution in [0.5, 0.6) is 0 Å². The van der Waals surface area contributed by atoms with Crippen LogP contribution < -0.4 is 0 Å². The predicted molar refractivity (Wildman–Crippen MR) is 71.2 cm³/mol. The molecule has 1 heteroatoms. The SMILES string of the molecule is C/C=C(\C1CC2C3CC3C12)C1CC1(C)CP. The first-order chi connectivity index (χ1) is 7.69. The first-order valence-electron chi connectivity index (χ1n) is 7.06. The van der Waals surface area contributed by atoms with Crippen molar-refractivity contribution in [1.29, 1.82) is 0 Å². The Bertz CT molecular complexity index is 372. The summed E-state index contributed by atoms with van der Waals surface area (Å²) in [6.07, 6.45) is 8.37. The molecule has 0 aromatic carbocycles. The summed E-state index contributed by atoms with van der Waals surface area (Å²) in [6, 6.07) is 0. The summed E-state index contributed by atoms with van der Waals surface area (Å²) < 4.78 is 0. The lowest BCUT2D eigenvalue weighted by Gasteiger charge is -2.54. The predicted octanol–water partition coefficient (Wildman–Crippen LogP) is 3.74. The van der Waals surface area contributed by atoms with Gasteiger partial charge in [-0.25, -0.2) is 0 Å². The molecule has 0 bridgehead atoms. The van der Waals surface area contributed by atoms with Gasteiger partial charge in [-0.2, -0.15) is 0 Å². The van der Waals surface area contributed by atoms with E-state index in [-0.39, 0.29) is 0 Å². The van der Waals surface area contributed by atoms with Gasteiger partial charge in [0, 0.05) is 0 Å². The molecule has 0 aromatic heterocycles. The second-order valence-electron chi connectivity index (χ2n) is 7.05. The van der Waals surface area contributed by atoms with Crippen molar-refractivity contribution in [3.05, 3.63) is 11.6 Å². The fourth-order valence-corrected chi connectivity index (χ4v) is 5.45. The fraction of sp³-hybridized carbons (Fsp3) is 0.867. The zero-order valence-electron chi connectivity index (χ0n) is 10.4. The van der Waals surface area contributed by atoms with E-state index in [1.807, 2.05) is 5.57 Å². The van der Waals surface area contributed by atoms with Crippen LogP contribution in [0.3, 0.4) is 0 Å². The monoisotopic (exact) mass is 234 g/mol. The molecule has 0 N–H and O–H groups in total. The quantitative estimate of drug-likeness (QED) is 0.515. The van der Waals surface area contributed by atoms with Gasteiger partial charge in [0.05, 0.1) is 0 Å². The van der Waals surface area contributed by atoms with E-state index in [0.29, 0.717) is 5.41 Å². The highest BCUT2D eigenvalue weighted by molar-refractivity contribution is 7.16. The minimum absolute atomic E-state index is 0.643. The topological polar surface area (TPSA) is 0 Å². The summed E-state index contributed by atoms with van der Waals surface area (Å²) in [7, 11) is 2.96. The van der Waals surface area contributed by atoms with Gasteiger partial charge in [0.1, 0.15) is 0 Å². The van der Waals surface area contributed by atoms with Gasteiger partial charge in [0.25, 0.3) is 0 Å². The Morgan fingerprint density at radius 1 is 1.31 bits per heavy atom. The van der Waals surface area contributed by atoms with Crippen LogP contribution in [0.1, 0.15) is 33.1 Å². The average Bonchev–Trinajstić information content (AvgIpc) is 3.10. The Morgan fingerprint density at radius 3 is 2.62 bits per heavy atom. The molecule has 4 saturated carbocycles. The Labute approximate surface area is 101 Å². The van der Waals surface area contributed by atoms with E-state index in [9.17, 15) is 0 Å². The third kappa shape index (κ3) is 1.06. The van der Waals surface area contributed by atoms with Crippen molar-refractivity contribution in [2.75, 3.05) is 6.16 Å². The highest BCUT2D eigenvalue weighted by atomic mass is 31.0. The normalized spacial score (nSPS) is 61.6. The highest BCUT2D eigenvalue weighted by Gasteiger charge is 2.70. The standard InChI is InChI=1S/C15H23P/c1-3-8(13-6-15(13,2)7-16)10-5-12-9-4-11(9)14(10)12/h3,9-14H,4-7,16H2,1-2H3/b8-3+. The van der Waals surface area contributed by atoms with Gasteiger partial charge in [0.2, 0.25) is 0 Å². The molecular formula is C15H23P. The second-order valence-corrected chi connectivity index (χ2v) is 7.46. The van der Waals surface area contributed by atoms with Crippen molar-refractivity contribution < 1.29 is 0 Å². The molecule has 8 unspecified atom stereocenters. The van der Waals surface area contributed by atoms with Gasteiger partial charge in [0.15, 0.2) is 0 Å². The van der Waals surface area contributed by atoms with Crippen molar-refractivity contribution >= 4 is 9.24 Å². The van der Waals surface area contributed by atoms with Gasteiger partial charge in [-0.05, 0) is 73.3 Å². The molecule has 0 aromatic rings. The summed E-state index contributed by atoms with van der Waals surface area (Å²) in [5, 5.41) is 0. The molecule has 0 aliphatic heterocycles. The molecule has 88 valence electrons. The van der Waals surface area contributed by atoms with Crippen molar-refractivity contribution in [2.45, 2.75) is 33.1 Å². The summed E-state index contributed by atoms with van der Waals surface area (Å²) in [4.78, 5) is 0. The summed E-state index contributed by atoms with van der Waals surface area (Å²) in [5.74, 6) is 6.66. The van der Waals surface area contributed by atoms with Crippen molar-refractivity contribution in [3.8, 4) is 0 Å². The molecule has 8 atom stereocenters. The lowest BCUT2D eigenvalue weighted by Crippen LogP contribution is -2.48. The molecule has 0 amide bonds. The molecule has 4 aliphatic carbocycles. The van der Waals surface area contributed by atoms with Crippen LogP contribution in [-0.2, 0) is 0 Å². The summed E-state index contributed by atoms with van der Waals surface area (Å²) in [5.41, 5.74) is 2.50. The zero-order valence-corrected chi connectivity index (χ0v) is 11.6. The fourth-order valence-electron chi connectivity index (χ4n) is 5.00. The number of rotatable bonds is 3. The second kappa shape index (κ2) is 2.94. The molecule has 4 fully saturated rings. The minimum Gasteiger partial charge on any atom is -0.137 e. The number of fused-ring (bicyclic) bond motifs is 4. The smallest absolute Gasteiger partial charge is 0.0138 e. The van der Waals surface area contributed by atoms with Gasteiger partial charge >= 0.3 is 0 Å². The van der Waals surface area contributed by atoms with E-state index in [1.165, 1.54) is 30.3 Å². The molecule has 4 aliphatic rings. The molecule has 0 radical (unpaired) electrons. The molecule has 0 heterocycles. The van der Waals surface area contributed by atoms with E-state index in [2.05, 4.69) is 29.2 Å². The van der Waals surface area contributed by atoms with Crippen LogP contribution in [-0.4, -0.2) is 6.16 Å². The van der Waals surface area contributed by atoms with Crippen LogP contribution in [0, 0.1) is 40.9 Å². The maximum absolute atomic E-state index is 2.96. The van der Waals surface area contributed by atoms with E-state index < -0.39 is 0 Å². The maximum atomic E-state index is 2.96. The maximum Gasteiger partial charge on any atom is -0.0138 e. The zero-order chi connectivity index (χ0) is 11.1. The van der Waals surface area contributed by atoms with Gasteiger partial charge < -0.3 is 0 Å². The number of hydrogen-bond acceptors (Lipinski definition) is 0. The van der Waals surface area contributed by atoms with E-state index in [4.69, 9.17) is 0 Å². The Kier molecular flexibility index (Phi) is 1.86. The average molecular weight is 234 g/mol.